The smallest absolute Gasteiger partial charge is 0.191 e. The van der Waals surface area contributed by atoms with Crippen molar-refractivity contribution in [1.29, 1.82) is 0 Å². The first kappa shape index (κ1) is 19.5. The van der Waals surface area contributed by atoms with Crippen LogP contribution >= 0.6 is 12.2 Å². The number of aryl methyl sites for hydroxylation is 2. The number of ether oxygens (including phenoxy) is 3. The van der Waals surface area contributed by atoms with Gasteiger partial charge in [0.1, 0.15) is 17.2 Å². The Labute approximate surface area is 159 Å². The van der Waals surface area contributed by atoms with E-state index in [1.54, 1.807) is 39.7 Å². The molecule has 7 heteroatoms. The number of thiocarbonyl (C=S) groups is 1. The Bertz CT molecular complexity index is 776. The van der Waals surface area contributed by atoms with Crippen molar-refractivity contribution in [3.05, 3.63) is 47.0 Å². The molecule has 0 aliphatic heterocycles. The van der Waals surface area contributed by atoms with Gasteiger partial charge in [0.25, 0.3) is 0 Å². The number of hydrazone groups is 1. The third-order valence-corrected chi connectivity index (χ3v) is 4.03. The molecule has 0 aliphatic carbocycles. The predicted molar refractivity (Wildman–Crippen MR) is 109 cm³/mol. The van der Waals surface area contributed by atoms with Gasteiger partial charge < -0.3 is 19.5 Å². The highest BCUT2D eigenvalue weighted by molar-refractivity contribution is 7.80. The molecule has 0 spiro atoms. The van der Waals surface area contributed by atoms with Crippen LogP contribution in [0, 0.1) is 13.8 Å². The second-order valence-corrected chi connectivity index (χ2v) is 5.94. The topological polar surface area (TPSA) is 64.1 Å². The first-order valence-electron chi connectivity index (χ1n) is 7.96. The normalized spacial score (nSPS) is 10.5. The molecule has 0 aliphatic rings. The van der Waals surface area contributed by atoms with Crippen molar-refractivity contribution in [1.82, 2.24) is 5.43 Å². The summed E-state index contributed by atoms with van der Waals surface area (Å²) in [6.45, 7) is 4.04. The Morgan fingerprint density at radius 3 is 2.08 bits per heavy atom. The van der Waals surface area contributed by atoms with Crippen molar-refractivity contribution < 1.29 is 14.2 Å². The van der Waals surface area contributed by atoms with E-state index in [0.29, 0.717) is 27.9 Å². The maximum Gasteiger partial charge on any atom is 0.191 e. The van der Waals surface area contributed by atoms with Crippen molar-refractivity contribution in [3.8, 4) is 17.2 Å². The maximum atomic E-state index is 5.39. The average Bonchev–Trinajstić information content (AvgIpc) is 2.64. The maximum absolute atomic E-state index is 5.39. The van der Waals surface area contributed by atoms with Crippen LogP contribution in [0.15, 0.2) is 35.4 Å². The zero-order chi connectivity index (χ0) is 19.1. The van der Waals surface area contributed by atoms with Crippen LogP contribution in [0.3, 0.4) is 0 Å². The van der Waals surface area contributed by atoms with Crippen molar-refractivity contribution in [2.24, 2.45) is 5.10 Å². The summed E-state index contributed by atoms with van der Waals surface area (Å²) in [4.78, 5) is 0. The summed E-state index contributed by atoms with van der Waals surface area (Å²) >= 11 is 5.31. The summed E-state index contributed by atoms with van der Waals surface area (Å²) in [5, 5.41) is 7.75. The second kappa shape index (κ2) is 9.05. The third-order valence-electron chi connectivity index (χ3n) is 3.83. The molecular weight excluding hydrogens is 350 g/mol. The van der Waals surface area contributed by atoms with Crippen molar-refractivity contribution in [2.75, 3.05) is 26.6 Å². The average molecular weight is 373 g/mol. The number of nitrogens with one attached hydrogen (secondary N) is 2. The summed E-state index contributed by atoms with van der Waals surface area (Å²) in [5.74, 6) is 1.80. The molecule has 2 aromatic carbocycles. The van der Waals surface area contributed by atoms with Gasteiger partial charge in [0.2, 0.25) is 0 Å². The molecule has 2 rings (SSSR count). The molecule has 2 N–H and O–H groups in total. The molecule has 0 atom stereocenters. The quantitative estimate of drug-likeness (QED) is 0.458. The number of hydrogen-bond donors (Lipinski definition) is 2. The van der Waals surface area contributed by atoms with E-state index < -0.39 is 0 Å². The Balaban J connectivity index is 2.14. The fourth-order valence-corrected chi connectivity index (χ4v) is 2.62. The summed E-state index contributed by atoms with van der Waals surface area (Å²) in [6.07, 6.45) is 1.59. The highest BCUT2D eigenvalue weighted by Gasteiger charge is 2.11. The number of hydrogen-bond acceptors (Lipinski definition) is 5. The van der Waals surface area contributed by atoms with Crippen molar-refractivity contribution in [2.45, 2.75) is 13.8 Å². The van der Waals surface area contributed by atoms with Crippen LogP contribution in [0.25, 0.3) is 0 Å². The van der Waals surface area contributed by atoms with Crippen LogP contribution < -0.4 is 25.0 Å². The summed E-state index contributed by atoms with van der Waals surface area (Å²) in [6, 6.07) is 9.57. The minimum absolute atomic E-state index is 0.394. The minimum atomic E-state index is 0.394. The lowest BCUT2D eigenvalue weighted by Gasteiger charge is -2.13. The molecule has 0 saturated carbocycles. The lowest BCUT2D eigenvalue weighted by Crippen LogP contribution is -2.24. The second-order valence-electron chi connectivity index (χ2n) is 5.54. The van der Waals surface area contributed by atoms with Gasteiger partial charge in [-0.2, -0.15) is 5.10 Å². The van der Waals surface area contributed by atoms with Gasteiger partial charge in [0, 0.05) is 17.8 Å². The van der Waals surface area contributed by atoms with Gasteiger partial charge >= 0.3 is 0 Å². The molecule has 2 aromatic rings. The molecule has 0 amide bonds. The molecule has 0 aromatic heterocycles. The number of anilines is 1. The van der Waals surface area contributed by atoms with Gasteiger partial charge in [-0.1, -0.05) is 18.2 Å². The number of benzene rings is 2. The molecule has 138 valence electrons. The first-order chi connectivity index (χ1) is 12.5. The van der Waals surface area contributed by atoms with E-state index in [1.807, 2.05) is 32.0 Å². The van der Waals surface area contributed by atoms with E-state index in [1.165, 1.54) is 0 Å². The Hall–Kier alpha value is -2.80. The number of methoxy groups -OCH3 is 3. The van der Waals surface area contributed by atoms with Crippen LogP contribution in [0.4, 0.5) is 5.69 Å². The third kappa shape index (κ3) is 4.64. The van der Waals surface area contributed by atoms with Gasteiger partial charge in [-0.05, 0) is 37.2 Å². The molecule has 0 fully saturated rings. The highest BCUT2D eigenvalue weighted by atomic mass is 32.1. The molecule has 0 bridgehead atoms. The lowest BCUT2D eigenvalue weighted by molar-refractivity contribution is 0.374. The molecule has 0 heterocycles. The molecule has 26 heavy (non-hydrogen) atoms. The fourth-order valence-electron chi connectivity index (χ4n) is 2.47. The van der Waals surface area contributed by atoms with E-state index in [4.69, 9.17) is 26.4 Å². The van der Waals surface area contributed by atoms with Gasteiger partial charge in [-0.25, -0.2) is 0 Å². The predicted octanol–water partition coefficient (Wildman–Crippen LogP) is 3.65. The summed E-state index contributed by atoms with van der Waals surface area (Å²) in [7, 11) is 4.74. The van der Waals surface area contributed by atoms with E-state index in [2.05, 4.69) is 15.8 Å². The van der Waals surface area contributed by atoms with Crippen LogP contribution in [-0.4, -0.2) is 32.7 Å². The van der Waals surface area contributed by atoms with Gasteiger partial charge in [0.15, 0.2) is 5.11 Å². The largest absolute Gasteiger partial charge is 0.496 e. The van der Waals surface area contributed by atoms with E-state index in [-0.39, 0.29) is 0 Å². The Morgan fingerprint density at radius 2 is 1.58 bits per heavy atom. The first-order valence-corrected chi connectivity index (χ1v) is 8.37. The monoisotopic (exact) mass is 373 g/mol. The number of para-hydroxylation sites is 1. The van der Waals surface area contributed by atoms with Crippen LogP contribution in [0.5, 0.6) is 17.2 Å². The zero-order valence-corrected chi connectivity index (χ0v) is 16.4. The Kier molecular flexibility index (Phi) is 6.80. The molecule has 0 saturated heterocycles. The van der Waals surface area contributed by atoms with E-state index >= 15 is 0 Å². The SMILES string of the molecule is COc1cc(OC)c(/C=N/NC(=S)Nc2c(C)cccc2C)c(OC)c1. The number of rotatable bonds is 6. The number of nitrogens with zero attached hydrogens (tertiary/aromatic N) is 1. The molecule has 0 unspecified atom stereocenters. The lowest BCUT2D eigenvalue weighted by atomic mass is 10.1. The molecule has 0 radical (unpaired) electrons. The van der Waals surface area contributed by atoms with Crippen molar-refractivity contribution >= 4 is 29.2 Å². The fraction of sp³-hybridized carbons (Fsp3) is 0.263. The summed E-state index contributed by atoms with van der Waals surface area (Å²) < 4.78 is 16.0. The highest BCUT2D eigenvalue weighted by Crippen LogP contribution is 2.32. The van der Waals surface area contributed by atoms with Crippen LogP contribution in [-0.2, 0) is 0 Å². The van der Waals surface area contributed by atoms with Crippen LogP contribution in [0.2, 0.25) is 0 Å². The zero-order valence-electron chi connectivity index (χ0n) is 15.5. The standard InChI is InChI=1S/C19H23N3O3S/c1-12-7-6-8-13(2)18(12)21-19(26)22-20-11-15-16(24-4)9-14(23-3)10-17(15)25-5/h6-11H,1-5H3,(H2,21,22,26)/b20-11+. The summed E-state index contributed by atoms with van der Waals surface area (Å²) in [5.41, 5.74) is 6.68. The molecule has 6 nitrogen and oxygen atoms in total. The molecular formula is C19H23N3O3S. The van der Waals surface area contributed by atoms with Gasteiger partial charge in [-0.3, -0.25) is 5.43 Å². The van der Waals surface area contributed by atoms with E-state index in [9.17, 15) is 0 Å². The van der Waals surface area contributed by atoms with Crippen molar-refractivity contribution in [3.63, 3.8) is 0 Å². The van der Waals surface area contributed by atoms with Gasteiger partial charge in [-0.15, -0.1) is 0 Å². The minimum Gasteiger partial charge on any atom is -0.496 e. The van der Waals surface area contributed by atoms with Crippen LogP contribution in [0.1, 0.15) is 16.7 Å². The van der Waals surface area contributed by atoms with E-state index in [0.717, 1.165) is 16.8 Å². The van der Waals surface area contributed by atoms with Gasteiger partial charge in [0.05, 0.1) is 33.1 Å². The Morgan fingerprint density at radius 1 is 1.00 bits per heavy atom.